The Balaban J connectivity index is 1.21. The molecule has 1 spiro atoms. The molecule has 264 valence electrons. The van der Waals surface area contributed by atoms with E-state index >= 15 is 0 Å². The summed E-state index contributed by atoms with van der Waals surface area (Å²) in [6.07, 6.45) is 0. The molecular formula is C53H36N2O. The van der Waals surface area contributed by atoms with Crippen LogP contribution in [-0.2, 0) is 5.41 Å². The van der Waals surface area contributed by atoms with Gasteiger partial charge in [-0.1, -0.05) is 146 Å². The summed E-state index contributed by atoms with van der Waals surface area (Å²) < 4.78 is 7.25. The molecule has 0 fully saturated rings. The Bertz CT molecular complexity index is 2810. The highest BCUT2D eigenvalue weighted by atomic mass is 16.5. The van der Waals surface area contributed by atoms with Gasteiger partial charge in [0.15, 0.2) is 0 Å². The van der Waals surface area contributed by atoms with Crippen LogP contribution in [0.1, 0.15) is 22.3 Å². The van der Waals surface area contributed by atoms with Crippen LogP contribution in [0.15, 0.2) is 218 Å². The molecule has 0 radical (unpaired) electrons. The van der Waals surface area contributed by atoms with Crippen LogP contribution in [0.3, 0.4) is 0 Å². The van der Waals surface area contributed by atoms with Crippen LogP contribution in [0.25, 0.3) is 21.9 Å². The van der Waals surface area contributed by atoms with Gasteiger partial charge in [0, 0.05) is 56.7 Å². The predicted molar refractivity (Wildman–Crippen MR) is 231 cm³/mol. The van der Waals surface area contributed by atoms with E-state index in [0.29, 0.717) is 0 Å². The monoisotopic (exact) mass is 716 g/mol. The molecule has 1 unspecified atom stereocenters. The number of hydrogen-bond donors (Lipinski definition) is 0. The summed E-state index contributed by atoms with van der Waals surface area (Å²) in [6.45, 7) is 0. The fourth-order valence-corrected chi connectivity index (χ4v) is 9.14. The van der Waals surface area contributed by atoms with Gasteiger partial charge in [-0.2, -0.15) is 0 Å². The molecule has 0 amide bonds. The third-order valence-corrected chi connectivity index (χ3v) is 11.5. The lowest BCUT2D eigenvalue weighted by Gasteiger charge is -2.40. The van der Waals surface area contributed by atoms with Crippen molar-refractivity contribution in [3.05, 3.63) is 241 Å². The van der Waals surface area contributed by atoms with Crippen molar-refractivity contribution in [1.82, 2.24) is 0 Å². The number of ether oxygens (including phenoxy) is 1. The van der Waals surface area contributed by atoms with Gasteiger partial charge in [0.25, 0.3) is 0 Å². The van der Waals surface area contributed by atoms with E-state index in [0.717, 1.165) is 67.5 Å². The zero-order valence-electron chi connectivity index (χ0n) is 30.6. The van der Waals surface area contributed by atoms with E-state index in [1.807, 2.05) is 0 Å². The lowest BCUT2D eigenvalue weighted by Crippen LogP contribution is -2.32. The second-order valence-corrected chi connectivity index (χ2v) is 14.5. The number of benzene rings is 9. The Hall–Kier alpha value is -7.36. The summed E-state index contributed by atoms with van der Waals surface area (Å²) in [4.78, 5) is 4.67. The van der Waals surface area contributed by atoms with Gasteiger partial charge in [-0.05, 0) is 94.4 Å². The van der Waals surface area contributed by atoms with Crippen molar-refractivity contribution in [3.63, 3.8) is 0 Å². The van der Waals surface area contributed by atoms with Crippen LogP contribution in [0, 0.1) is 0 Å². The highest BCUT2D eigenvalue weighted by Crippen LogP contribution is 2.64. The largest absolute Gasteiger partial charge is 0.456 e. The number of rotatable bonds is 6. The minimum absolute atomic E-state index is 0.656. The fraction of sp³-hybridized carbons (Fsp3) is 0.0189. The first kappa shape index (κ1) is 32.1. The van der Waals surface area contributed by atoms with Gasteiger partial charge in [-0.3, -0.25) is 0 Å². The Morgan fingerprint density at radius 2 is 0.804 bits per heavy atom. The maximum Gasteiger partial charge on any atom is 0.140 e. The molecular weight excluding hydrogens is 681 g/mol. The average molecular weight is 717 g/mol. The molecule has 3 heteroatoms. The first-order valence-corrected chi connectivity index (χ1v) is 19.2. The average Bonchev–Trinajstić information content (AvgIpc) is 3.55. The second kappa shape index (κ2) is 12.9. The number of para-hydroxylation sites is 4. The lowest BCUT2D eigenvalue weighted by molar-refractivity contribution is 0.442. The van der Waals surface area contributed by atoms with E-state index < -0.39 is 5.41 Å². The zero-order valence-corrected chi connectivity index (χ0v) is 30.6. The van der Waals surface area contributed by atoms with Crippen molar-refractivity contribution in [2.45, 2.75) is 5.41 Å². The van der Waals surface area contributed by atoms with Crippen molar-refractivity contribution in [3.8, 4) is 22.6 Å². The van der Waals surface area contributed by atoms with Crippen LogP contribution in [0.5, 0.6) is 11.5 Å². The van der Waals surface area contributed by atoms with Crippen molar-refractivity contribution in [1.29, 1.82) is 0 Å². The number of fused-ring (bicyclic) bond motifs is 11. The highest BCUT2D eigenvalue weighted by molar-refractivity contribution is 5.97. The van der Waals surface area contributed by atoms with Gasteiger partial charge >= 0.3 is 0 Å². The van der Waals surface area contributed by atoms with Gasteiger partial charge in [-0.15, -0.1) is 0 Å². The SMILES string of the molecule is c1ccc(N(c2ccccc2)c2ccc3c(c2)Oc2c(ccc4ccccc24)C32c3ccccc3-c3ccc(N(c4ccccc4)c4ccccc4)cc32)cc1. The van der Waals surface area contributed by atoms with E-state index in [2.05, 4.69) is 228 Å². The molecule has 1 aliphatic carbocycles. The molecule has 1 aliphatic heterocycles. The van der Waals surface area contributed by atoms with Crippen molar-refractivity contribution >= 4 is 44.9 Å². The molecule has 0 N–H and O–H groups in total. The van der Waals surface area contributed by atoms with Crippen LogP contribution in [0.2, 0.25) is 0 Å². The third kappa shape index (κ3) is 4.84. The number of anilines is 6. The first-order valence-electron chi connectivity index (χ1n) is 19.2. The Morgan fingerprint density at radius 1 is 0.321 bits per heavy atom. The molecule has 0 saturated heterocycles. The number of hydrogen-bond acceptors (Lipinski definition) is 3. The lowest BCUT2D eigenvalue weighted by atomic mass is 9.65. The standard InChI is InChI=1S/C53H36N2O/c1-5-18-38(19-6-1)54(39-20-7-2-8-21-39)42-30-32-46-45-27-15-16-28-47(45)53(50(46)35-42)48-34-31-43(55(40-22-9-3-10-23-40)41-24-11-4-12-25-41)36-51(48)56-52-44-26-14-13-17-37(44)29-33-49(52)53/h1-36H. The summed E-state index contributed by atoms with van der Waals surface area (Å²) in [5, 5.41) is 2.25. The molecule has 0 saturated carbocycles. The number of nitrogens with zero attached hydrogens (tertiary/aromatic N) is 2. The summed E-state index contributed by atoms with van der Waals surface area (Å²) >= 11 is 0. The van der Waals surface area contributed by atoms with Crippen LogP contribution >= 0.6 is 0 Å². The van der Waals surface area contributed by atoms with Gasteiger partial charge < -0.3 is 14.5 Å². The topological polar surface area (TPSA) is 15.7 Å². The molecule has 9 aromatic carbocycles. The maximum atomic E-state index is 7.25. The van der Waals surface area contributed by atoms with Gasteiger partial charge in [-0.25, -0.2) is 0 Å². The molecule has 56 heavy (non-hydrogen) atoms. The van der Waals surface area contributed by atoms with Crippen molar-refractivity contribution in [2.75, 3.05) is 9.80 Å². The van der Waals surface area contributed by atoms with E-state index in [1.54, 1.807) is 0 Å². The van der Waals surface area contributed by atoms with Gasteiger partial charge in [0.1, 0.15) is 11.5 Å². The van der Waals surface area contributed by atoms with Crippen LogP contribution in [0.4, 0.5) is 34.1 Å². The van der Waals surface area contributed by atoms with Gasteiger partial charge in [0.2, 0.25) is 0 Å². The highest BCUT2D eigenvalue weighted by Gasteiger charge is 2.52. The molecule has 0 bridgehead atoms. The van der Waals surface area contributed by atoms with Crippen LogP contribution < -0.4 is 14.5 Å². The second-order valence-electron chi connectivity index (χ2n) is 14.5. The van der Waals surface area contributed by atoms with Gasteiger partial charge in [0.05, 0.1) is 5.41 Å². The molecule has 11 rings (SSSR count). The summed E-state index contributed by atoms with van der Waals surface area (Å²) in [7, 11) is 0. The summed E-state index contributed by atoms with van der Waals surface area (Å²) in [5.74, 6) is 1.74. The smallest absolute Gasteiger partial charge is 0.140 e. The maximum absolute atomic E-state index is 7.25. The molecule has 0 aromatic heterocycles. The molecule has 3 nitrogen and oxygen atoms in total. The van der Waals surface area contributed by atoms with E-state index in [-0.39, 0.29) is 0 Å². The summed E-state index contributed by atoms with van der Waals surface area (Å²) in [6, 6.07) is 78.4. The first-order chi connectivity index (χ1) is 27.8. The summed E-state index contributed by atoms with van der Waals surface area (Å²) in [5.41, 5.74) is 13.1. The predicted octanol–water partition coefficient (Wildman–Crippen LogP) is 14.2. The Morgan fingerprint density at radius 3 is 1.43 bits per heavy atom. The van der Waals surface area contributed by atoms with Crippen molar-refractivity contribution < 1.29 is 4.74 Å². The van der Waals surface area contributed by atoms with E-state index in [1.165, 1.54) is 22.3 Å². The third-order valence-electron chi connectivity index (χ3n) is 11.5. The molecule has 2 aliphatic rings. The van der Waals surface area contributed by atoms with E-state index in [9.17, 15) is 0 Å². The van der Waals surface area contributed by atoms with Crippen molar-refractivity contribution in [2.24, 2.45) is 0 Å². The Labute approximate surface area is 326 Å². The molecule has 9 aromatic rings. The Kier molecular flexibility index (Phi) is 7.39. The minimum Gasteiger partial charge on any atom is -0.456 e. The zero-order chi connectivity index (χ0) is 37.1. The molecule has 1 atom stereocenters. The van der Waals surface area contributed by atoms with E-state index in [4.69, 9.17) is 4.74 Å². The van der Waals surface area contributed by atoms with Crippen LogP contribution in [-0.4, -0.2) is 0 Å². The quantitative estimate of drug-likeness (QED) is 0.170. The normalized spacial score (nSPS) is 14.6. The minimum atomic E-state index is -0.656. The molecule has 1 heterocycles. The fourth-order valence-electron chi connectivity index (χ4n) is 9.14.